The number of phosphoric ester groups is 1. The Labute approximate surface area is 349 Å². The molecule has 0 aliphatic heterocycles. The normalized spacial score (nSPS) is 13.3. The number of carbonyl (C=O) groups is 3. The molecule has 1 amide bonds. The highest BCUT2D eigenvalue weighted by Gasteiger charge is 2.26. The van der Waals surface area contributed by atoms with Crippen LogP contribution < -0.4 is 5.32 Å². The summed E-state index contributed by atoms with van der Waals surface area (Å²) in [5.41, 5.74) is 0. The van der Waals surface area contributed by atoms with Gasteiger partial charge in [-0.1, -0.05) is 154 Å². The highest BCUT2D eigenvalue weighted by Crippen LogP contribution is 2.43. The minimum absolute atomic E-state index is 0.0544. The standard InChI is InChI=1S/C46H86NO9P/c1-4-7-10-12-14-16-18-20-22-24-26-28-30-32-34-37-45(49)53-41-43(42-55-57(51,52)54-40-39-47-44(48)36-9-6-3)56-46(50)38-35-33-31-29-27-25-23-21-19-17-15-13-11-8-5-2/h20-23,43H,4-19,24-42H2,1-3H3,(H,47,48)(H,51,52)/b22-20-,23-21-. The average molecular weight is 828 g/mol. The lowest BCUT2D eigenvalue weighted by atomic mass is 10.1. The summed E-state index contributed by atoms with van der Waals surface area (Å²) in [5.74, 6) is -1.04. The van der Waals surface area contributed by atoms with Gasteiger partial charge in [0.15, 0.2) is 6.10 Å². The predicted octanol–water partition coefficient (Wildman–Crippen LogP) is 13.0. The van der Waals surface area contributed by atoms with Gasteiger partial charge < -0.3 is 19.7 Å². The van der Waals surface area contributed by atoms with Crippen molar-refractivity contribution >= 4 is 25.7 Å². The SMILES string of the molecule is CCCCCCCC/C=C\CCCCCCCC(=O)OCC(COP(=O)(O)OCCNC(=O)CCCC)OC(=O)CCCCCCC/C=C\CCCCCCCC. The first kappa shape index (κ1) is 55.0. The van der Waals surface area contributed by atoms with Crippen LogP contribution in [-0.2, 0) is 37.5 Å². The molecule has 0 bridgehead atoms. The molecular formula is C46H86NO9P. The van der Waals surface area contributed by atoms with Crippen LogP contribution in [0.1, 0.15) is 220 Å². The van der Waals surface area contributed by atoms with Gasteiger partial charge in [-0.15, -0.1) is 0 Å². The van der Waals surface area contributed by atoms with Crippen LogP contribution in [0.15, 0.2) is 24.3 Å². The zero-order valence-corrected chi connectivity index (χ0v) is 37.7. The zero-order valence-electron chi connectivity index (χ0n) is 36.8. The molecule has 2 atom stereocenters. The topological polar surface area (TPSA) is 137 Å². The second kappa shape index (κ2) is 42.1. The molecule has 0 fully saturated rings. The zero-order chi connectivity index (χ0) is 41.9. The lowest BCUT2D eigenvalue weighted by Gasteiger charge is -2.20. The summed E-state index contributed by atoms with van der Waals surface area (Å²) in [4.78, 5) is 47.2. The van der Waals surface area contributed by atoms with Gasteiger partial charge in [0.2, 0.25) is 5.91 Å². The second-order valence-electron chi connectivity index (χ2n) is 15.5. The number of esters is 2. The van der Waals surface area contributed by atoms with E-state index in [2.05, 4.69) is 43.5 Å². The molecule has 0 aromatic heterocycles. The monoisotopic (exact) mass is 828 g/mol. The van der Waals surface area contributed by atoms with Crippen molar-refractivity contribution in [3.63, 3.8) is 0 Å². The van der Waals surface area contributed by atoms with E-state index in [1.165, 1.54) is 89.9 Å². The van der Waals surface area contributed by atoms with E-state index in [1.807, 2.05) is 6.92 Å². The van der Waals surface area contributed by atoms with Gasteiger partial charge in [0, 0.05) is 25.8 Å². The first-order valence-corrected chi connectivity index (χ1v) is 24.8. The van der Waals surface area contributed by atoms with Crippen LogP contribution in [0.25, 0.3) is 0 Å². The smallest absolute Gasteiger partial charge is 0.462 e. The highest BCUT2D eigenvalue weighted by molar-refractivity contribution is 7.47. The molecule has 0 heterocycles. The quantitative estimate of drug-likeness (QED) is 0.0266. The second-order valence-corrected chi connectivity index (χ2v) is 17.0. The molecule has 0 aromatic rings. The van der Waals surface area contributed by atoms with Crippen LogP contribution in [0.3, 0.4) is 0 Å². The number of amides is 1. The third-order valence-corrected chi connectivity index (χ3v) is 10.9. The fourth-order valence-corrected chi connectivity index (χ4v) is 7.04. The van der Waals surface area contributed by atoms with Gasteiger partial charge in [0.05, 0.1) is 13.2 Å². The molecule has 2 N–H and O–H groups in total. The Morgan fingerprint density at radius 2 is 0.947 bits per heavy atom. The van der Waals surface area contributed by atoms with Crippen molar-refractivity contribution < 1.29 is 42.4 Å². The number of hydrogen-bond donors (Lipinski definition) is 2. The van der Waals surface area contributed by atoms with Gasteiger partial charge in [-0.05, 0) is 70.6 Å². The van der Waals surface area contributed by atoms with Crippen LogP contribution >= 0.6 is 7.82 Å². The van der Waals surface area contributed by atoms with Gasteiger partial charge >= 0.3 is 19.8 Å². The number of rotatable bonds is 43. The van der Waals surface area contributed by atoms with E-state index in [-0.39, 0.29) is 38.5 Å². The van der Waals surface area contributed by atoms with Gasteiger partial charge in [0.25, 0.3) is 0 Å². The van der Waals surface area contributed by atoms with E-state index in [1.54, 1.807) is 0 Å². The van der Waals surface area contributed by atoms with Crippen LogP contribution in [0, 0.1) is 0 Å². The fourth-order valence-electron chi connectivity index (χ4n) is 6.29. The lowest BCUT2D eigenvalue weighted by Crippen LogP contribution is -2.30. The number of nitrogens with one attached hydrogen (secondary N) is 1. The predicted molar refractivity (Wildman–Crippen MR) is 234 cm³/mol. The molecule has 0 saturated heterocycles. The van der Waals surface area contributed by atoms with E-state index in [0.29, 0.717) is 19.3 Å². The third kappa shape index (κ3) is 41.9. The van der Waals surface area contributed by atoms with Crippen LogP contribution in [0.2, 0.25) is 0 Å². The summed E-state index contributed by atoms with van der Waals surface area (Å²) in [7, 11) is -4.51. The first-order valence-electron chi connectivity index (χ1n) is 23.3. The molecular weight excluding hydrogens is 741 g/mol. The highest BCUT2D eigenvalue weighted by atomic mass is 31.2. The molecule has 0 aliphatic rings. The number of carbonyl (C=O) groups excluding carboxylic acids is 3. The van der Waals surface area contributed by atoms with Crippen molar-refractivity contribution in [2.45, 2.75) is 226 Å². The van der Waals surface area contributed by atoms with Crippen LogP contribution in [-0.4, -0.2) is 55.2 Å². The van der Waals surface area contributed by atoms with E-state index in [9.17, 15) is 23.8 Å². The molecule has 11 heteroatoms. The molecule has 0 rings (SSSR count). The maximum atomic E-state index is 12.7. The summed E-state index contributed by atoms with van der Waals surface area (Å²) < 4.78 is 33.5. The maximum absolute atomic E-state index is 12.7. The van der Waals surface area contributed by atoms with Crippen molar-refractivity contribution in [1.29, 1.82) is 0 Å². The lowest BCUT2D eigenvalue weighted by molar-refractivity contribution is -0.161. The van der Waals surface area contributed by atoms with Crippen molar-refractivity contribution in [1.82, 2.24) is 5.32 Å². The number of unbranched alkanes of at least 4 members (excludes halogenated alkanes) is 23. The Bertz CT molecular complexity index is 1050. The Morgan fingerprint density at radius 1 is 0.526 bits per heavy atom. The van der Waals surface area contributed by atoms with Crippen LogP contribution in [0.5, 0.6) is 0 Å². The van der Waals surface area contributed by atoms with E-state index < -0.39 is 32.5 Å². The van der Waals surface area contributed by atoms with Crippen molar-refractivity contribution in [3.05, 3.63) is 24.3 Å². The molecule has 0 radical (unpaired) electrons. The summed E-state index contributed by atoms with van der Waals surface area (Å²) in [6.07, 6.45) is 40.8. The molecule has 0 saturated carbocycles. The molecule has 57 heavy (non-hydrogen) atoms. The number of ether oxygens (including phenoxy) is 2. The third-order valence-electron chi connectivity index (χ3n) is 9.87. The van der Waals surface area contributed by atoms with E-state index >= 15 is 0 Å². The number of phosphoric acid groups is 1. The molecule has 0 aliphatic carbocycles. The number of allylic oxidation sites excluding steroid dienone is 4. The Hall–Kier alpha value is -2.00. The summed E-state index contributed by atoms with van der Waals surface area (Å²) in [6, 6.07) is 0. The van der Waals surface area contributed by atoms with E-state index in [4.69, 9.17) is 18.5 Å². The Kier molecular flexibility index (Phi) is 40.7. The maximum Gasteiger partial charge on any atom is 0.472 e. The Morgan fingerprint density at radius 3 is 1.42 bits per heavy atom. The van der Waals surface area contributed by atoms with Crippen molar-refractivity contribution in [3.8, 4) is 0 Å². The van der Waals surface area contributed by atoms with Crippen molar-refractivity contribution in [2.24, 2.45) is 0 Å². The molecule has 0 aromatic carbocycles. The largest absolute Gasteiger partial charge is 0.472 e. The molecule has 10 nitrogen and oxygen atoms in total. The number of hydrogen-bond acceptors (Lipinski definition) is 8. The molecule has 0 spiro atoms. The summed E-state index contributed by atoms with van der Waals surface area (Å²) in [6.45, 7) is 5.55. The van der Waals surface area contributed by atoms with Gasteiger partial charge in [-0.3, -0.25) is 23.4 Å². The minimum atomic E-state index is -4.51. The van der Waals surface area contributed by atoms with Crippen molar-refractivity contribution in [2.75, 3.05) is 26.4 Å². The Balaban J connectivity index is 4.48. The van der Waals surface area contributed by atoms with E-state index in [0.717, 1.165) is 77.0 Å². The van der Waals surface area contributed by atoms with Crippen LogP contribution in [0.4, 0.5) is 0 Å². The average Bonchev–Trinajstić information content (AvgIpc) is 3.19. The summed E-state index contributed by atoms with van der Waals surface area (Å²) >= 11 is 0. The van der Waals surface area contributed by atoms with Gasteiger partial charge in [0.1, 0.15) is 6.61 Å². The fraction of sp³-hybridized carbons (Fsp3) is 0.848. The first-order chi connectivity index (χ1) is 27.7. The minimum Gasteiger partial charge on any atom is -0.462 e. The molecule has 2 unspecified atom stereocenters. The summed E-state index contributed by atoms with van der Waals surface area (Å²) in [5, 5.41) is 2.63. The van der Waals surface area contributed by atoms with Gasteiger partial charge in [-0.25, -0.2) is 4.57 Å². The van der Waals surface area contributed by atoms with Gasteiger partial charge in [-0.2, -0.15) is 0 Å². The molecule has 334 valence electrons.